The minimum atomic E-state index is -1.26. The van der Waals surface area contributed by atoms with Crippen LogP contribution in [0.5, 0.6) is 0 Å². The van der Waals surface area contributed by atoms with Crippen LogP contribution >= 0.6 is 0 Å². The molecule has 21 heavy (non-hydrogen) atoms. The molecule has 0 fully saturated rings. The van der Waals surface area contributed by atoms with Crippen molar-refractivity contribution in [3.8, 4) is 0 Å². The Labute approximate surface area is 119 Å². The van der Waals surface area contributed by atoms with Crippen LogP contribution in [0.2, 0.25) is 0 Å². The van der Waals surface area contributed by atoms with Crippen LogP contribution in [-0.4, -0.2) is 11.1 Å². The van der Waals surface area contributed by atoms with Crippen molar-refractivity contribution in [3.63, 3.8) is 0 Å². The topological polar surface area (TPSA) is 49.3 Å². The van der Waals surface area contributed by atoms with Gasteiger partial charge in [-0.05, 0) is 11.1 Å². The molecule has 110 valence electrons. The number of nitrogens with one attached hydrogen (secondary N) is 1. The number of carboxylic acid groups (broad SMARTS) is 1. The maximum Gasteiger partial charge on any atom is 0.307 e. The highest BCUT2D eigenvalue weighted by atomic mass is 19.2. The first-order valence-corrected chi connectivity index (χ1v) is 6.14. The molecule has 0 saturated carbocycles. The molecule has 0 unspecified atom stereocenters. The quantitative estimate of drug-likeness (QED) is 0.832. The first-order valence-electron chi connectivity index (χ1n) is 6.14. The molecule has 0 bridgehead atoms. The molecule has 0 amide bonds. The molecular formula is C15H12F3NO2. The summed E-state index contributed by atoms with van der Waals surface area (Å²) in [4.78, 5) is 10.8. The van der Waals surface area contributed by atoms with E-state index in [1.54, 1.807) is 24.3 Å². The van der Waals surface area contributed by atoms with Crippen molar-refractivity contribution in [1.29, 1.82) is 0 Å². The highest BCUT2D eigenvalue weighted by molar-refractivity contribution is 5.70. The molecular weight excluding hydrogens is 283 g/mol. The average molecular weight is 295 g/mol. The number of carbonyl (C=O) groups is 1. The van der Waals surface area contributed by atoms with E-state index in [1.807, 2.05) is 0 Å². The van der Waals surface area contributed by atoms with Gasteiger partial charge in [-0.1, -0.05) is 24.3 Å². The highest BCUT2D eigenvalue weighted by Gasteiger charge is 2.11. The van der Waals surface area contributed by atoms with Gasteiger partial charge in [-0.25, -0.2) is 13.2 Å². The van der Waals surface area contributed by atoms with Crippen molar-refractivity contribution in [2.75, 3.05) is 5.32 Å². The zero-order chi connectivity index (χ0) is 15.4. The van der Waals surface area contributed by atoms with Crippen LogP contribution in [0.4, 0.5) is 18.9 Å². The van der Waals surface area contributed by atoms with E-state index in [1.165, 1.54) is 0 Å². The van der Waals surface area contributed by atoms with Crippen molar-refractivity contribution in [1.82, 2.24) is 0 Å². The zero-order valence-corrected chi connectivity index (χ0v) is 10.9. The Bertz CT molecular complexity index is 674. The molecule has 3 nitrogen and oxygen atoms in total. The number of aliphatic carboxylic acids is 1. The summed E-state index contributed by atoms with van der Waals surface area (Å²) in [5, 5.41) is 11.5. The Morgan fingerprint density at radius 1 is 1.00 bits per heavy atom. The van der Waals surface area contributed by atoms with Crippen LogP contribution < -0.4 is 5.32 Å². The molecule has 0 saturated heterocycles. The number of carboxylic acids is 1. The van der Waals surface area contributed by atoms with Gasteiger partial charge < -0.3 is 10.4 Å². The smallest absolute Gasteiger partial charge is 0.307 e. The van der Waals surface area contributed by atoms with E-state index in [0.717, 1.165) is 6.07 Å². The van der Waals surface area contributed by atoms with Gasteiger partial charge >= 0.3 is 5.97 Å². The van der Waals surface area contributed by atoms with Gasteiger partial charge in [-0.2, -0.15) is 0 Å². The van der Waals surface area contributed by atoms with Gasteiger partial charge in [0.15, 0.2) is 11.6 Å². The van der Waals surface area contributed by atoms with E-state index in [0.29, 0.717) is 17.2 Å². The van der Waals surface area contributed by atoms with E-state index < -0.39 is 23.4 Å². The second-order valence-electron chi connectivity index (χ2n) is 4.44. The maximum absolute atomic E-state index is 13.5. The number of hydrogen-bond donors (Lipinski definition) is 2. The molecule has 0 aliphatic carbocycles. The lowest BCUT2D eigenvalue weighted by Gasteiger charge is -2.11. The van der Waals surface area contributed by atoms with Gasteiger partial charge in [0.05, 0.1) is 12.1 Å². The SMILES string of the molecule is O=C(O)Cc1ccccc1CNc1cc(F)c(F)cc1F. The maximum atomic E-state index is 13.5. The zero-order valence-electron chi connectivity index (χ0n) is 10.9. The Morgan fingerprint density at radius 2 is 1.62 bits per heavy atom. The standard InChI is InChI=1S/C15H12F3NO2/c16-11-6-13(18)14(7-12(11)17)19-8-10-4-2-1-3-9(10)5-15(20)21/h1-4,6-7,19H,5,8H2,(H,20,21). The molecule has 6 heteroatoms. The number of anilines is 1. The lowest BCUT2D eigenvalue weighted by molar-refractivity contribution is -0.136. The second-order valence-corrected chi connectivity index (χ2v) is 4.44. The third kappa shape index (κ3) is 3.75. The molecule has 2 rings (SSSR count). The summed E-state index contributed by atoms with van der Waals surface area (Å²) in [5.41, 5.74) is 1.03. The Kier molecular flexibility index (Phi) is 4.47. The van der Waals surface area contributed by atoms with E-state index >= 15 is 0 Å². The lowest BCUT2D eigenvalue weighted by Crippen LogP contribution is -2.08. The van der Waals surface area contributed by atoms with Gasteiger partial charge in [-0.15, -0.1) is 0 Å². The van der Waals surface area contributed by atoms with Crippen LogP contribution in [0.3, 0.4) is 0 Å². The monoisotopic (exact) mass is 295 g/mol. The third-order valence-corrected chi connectivity index (χ3v) is 2.94. The van der Waals surface area contributed by atoms with Crippen LogP contribution in [0, 0.1) is 17.5 Å². The van der Waals surface area contributed by atoms with Crippen molar-refractivity contribution in [3.05, 3.63) is 65.0 Å². The summed E-state index contributed by atoms with van der Waals surface area (Å²) in [5.74, 6) is -4.31. The Hall–Kier alpha value is -2.50. The molecule has 0 radical (unpaired) electrons. The largest absolute Gasteiger partial charge is 0.481 e. The summed E-state index contributed by atoms with van der Waals surface area (Å²) in [7, 11) is 0. The number of hydrogen-bond acceptors (Lipinski definition) is 2. The number of halogens is 3. The van der Waals surface area contributed by atoms with E-state index in [-0.39, 0.29) is 18.7 Å². The van der Waals surface area contributed by atoms with Gasteiger partial charge in [-0.3, -0.25) is 4.79 Å². The van der Waals surface area contributed by atoms with Crippen molar-refractivity contribution >= 4 is 11.7 Å². The fraction of sp³-hybridized carbons (Fsp3) is 0.133. The summed E-state index contributed by atoms with van der Waals surface area (Å²) >= 11 is 0. The molecule has 0 heterocycles. The van der Waals surface area contributed by atoms with Crippen molar-refractivity contribution in [2.45, 2.75) is 13.0 Å². The van der Waals surface area contributed by atoms with Crippen molar-refractivity contribution < 1.29 is 23.1 Å². The van der Waals surface area contributed by atoms with E-state index in [4.69, 9.17) is 5.11 Å². The summed E-state index contributed by atoms with van der Waals surface area (Å²) in [6.07, 6.45) is -0.169. The summed E-state index contributed by atoms with van der Waals surface area (Å²) in [6.45, 7) is 0.103. The predicted molar refractivity (Wildman–Crippen MR) is 71.4 cm³/mol. The van der Waals surface area contributed by atoms with Gasteiger partial charge in [0.2, 0.25) is 0 Å². The van der Waals surface area contributed by atoms with Crippen LogP contribution in [0.15, 0.2) is 36.4 Å². The second kappa shape index (κ2) is 6.30. The molecule has 0 atom stereocenters. The lowest BCUT2D eigenvalue weighted by atomic mass is 10.0. The summed E-state index contributed by atoms with van der Waals surface area (Å²) in [6, 6.07) is 7.92. The highest BCUT2D eigenvalue weighted by Crippen LogP contribution is 2.20. The summed E-state index contributed by atoms with van der Waals surface area (Å²) < 4.78 is 39.4. The fourth-order valence-electron chi connectivity index (χ4n) is 1.91. The van der Waals surface area contributed by atoms with Crippen LogP contribution in [0.1, 0.15) is 11.1 Å². The van der Waals surface area contributed by atoms with Gasteiger partial charge in [0.1, 0.15) is 5.82 Å². The minimum Gasteiger partial charge on any atom is -0.481 e. The van der Waals surface area contributed by atoms with Crippen LogP contribution in [0.25, 0.3) is 0 Å². The van der Waals surface area contributed by atoms with E-state index in [2.05, 4.69) is 5.32 Å². The number of benzene rings is 2. The molecule has 0 aliphatic heterocycles. The van der Waals surface area contributed by atoms with Gasteiger partial charge in [0, 0.05) is 18.7 Å². The number of rotatable bonds is 5. The molecule has 2 aromatic carbocycles. The average Bonchev–Trinajstić information content (AvgIpc) is 2.42. The third-order valence-electron chi connectivity index (χ3n) is 2.94. The molecule has 0 aromatic heterocycles. The minimum absolute atomic E-state index is 0.103. The van der Waals surface area contributed by atoms with Crippen LogP contribution in [-0.2, 0) is 17.8 Å². The fourth-order valence-corrected chi connectivity index (χ4v) is 1.91. The first kappa shape index (κ1) is 14.9. The molecule has 0 spiro atoms. The molecule has 2 aromatic rings. The van der Waals surface area contributed by atoms with Gasteiger partial charge in [0.25, 0.3) is 0 Å². The Morgan fingerprint density at radius 3 is 2.29 bits per heavy atom. The van der Waals surface area contributed by atoms with Crippen molar-refractivity contribution in [2.24, 2.45) is 0 Å². The predicted octanol–water partition coefficient (Wildman–Crippen LogP) is 3.34. The Balaban J connectivity index is 2.17. The normalized spacial score (nSPS) is 10.4. The molecule has 0 aliphatic rings. The molecule has 2 N–H and O–H groups in total. The first-order chi connectivity index (χ1) is 9.97. The van der Waals surface area contributed by atoms with E-state index in [9.17, 15) is 18.0 Å².